The summed E-state index contributed by atoms with van der Waals surface area (Å²) in [7, 11) is 1.92. The third-order valence-corrected chi connectivity index (χ3v) is 5.40. The summed E-state index contributed by atoms with van der Waals surface area (Å²) < 4.78 is 7.77. The van der Waals surface area contributed by atoms with Crippen LogP contribution in [0.2, 0.25) is 5.02 Å². The van der Waals surface area contributed by atoms with Crippen LogP contribution in [0.15, 0.2) is 41.8 Å². The number of ether oxygens (including phenoxy) is 1. The summed E-state index contributed by atoms with van der Waals surface area (Å²) in [4.78, 5) is 10.5. The summed E-state index contributed by atoms with van der Waals surface area (Å²) in [5.74, 6) is 0.933. The first-order valence-corrected chi connectivity index (χ1v) is 10.4. The number of rotatable bonds is 5. The first-order valence-electron chi connectivity index (χ1n) is 10.0. The van der Waals surface area contributed by atoms with Crippen LogP contribution in [-0.4, -0.2) is 58.4 Å². The molecule has 1 atom stereocenters. The van der Waals surface area contributed by atoms with Crippen molar-refractivity contribution in [3.05, 3.63) is 52.9 Å². The molecule has 4 rings (SSSR count). The standard InChI is InChI=1S/C21H27ClN6O/c1-3-23-21(28-8-9-29-20(14-28)16-12-26-27(2)13-16)24-7-6-15-11-25-19-5-4-17(22)10-18(15)19/h4-5,10-13,20,25H,3,6-9,14H2,1-2H3,(H,23,24). The van der Waals surface area contributed by atoms with Crippen LogP contribution in [-0.2, 0) is 18.2 Å². The fourth-order valence-electron chi connectivity index (χ4n) is 3.72. The zero-order valence-electron chi connectivity index (χ0n) is 16.9. The molecule has 154 valence electrons. The van der Waals surface area contributed by atoms with Gasteiger partial charge in [0.2, 0.25) is 0 Å². The van der Waals surface area contributed by atoms with Crippen molar-refractivity contribution in [3.63, 3.8) is 0 Å². The monoisotopic (exact) mass is 414 g/mol. The van der Waals surface area contributed by atoms with Crippen molar-refractivity contribution in [1.82, 2.24) is 25.0 Å². The largest absolute Gasteiger partial charge is 0.370 e. The van der Waals surface area contributed by atoms with Crippen molar-refractivity contribution in [3.8, 4) is 0 Å². The zero-order valence-corrected chi connectivity index (χ0v) is 17.6. The Labute approximate surface area is 175 Å². The lowest BCUT2D eigenvalue weighted by Crippen LogP contribution is -2.48. The van der Waals surface area contributed by atoms with Crippen LogP contribution in [0, 0.1) is 0 Å². The third-order valence-electron chi connectivity index (χ3n) is 5.17. The van der Waals surface area contributed by atoms with Gasteiger partial charge >= 0.3 is 0 Å². The van der Waals surface area contributed by atoms with Crippen molar-refractivity contribution >= 4 is 28.5 Å². The zero-order chi connectivity index (χ0) is 20.2. The van der Waals surface area contributed by atoms with Gasteiger partial charge in [-0.15, -0.1) is 0 Å². The number of guanidine groups is 1. The lowest BCUT2D eigenvalue weighted by Gasteiger charge is -2.34. The van der Waals surface area contributed by atoms with Crippen LogP contribution in [0.5, 0.6) is 0 Å². The molecule has 1 aliphatic rings. The number of aliphatic imine (C=N–C) groups is 1. The van der Waals surface area contributed by atoms with Gasteiger partial charge in [-0.05, 0) is 37.1 Å². The molecule has 1 fully saturated rings. The van der Waals surface area contributed by atoms with Crippen LogP contribution in [0.25, 0.3) is 10.9 Å². The molecule has 0 aliphatic carbocycles. The minimum atomic E-state index is 0.0112. The molecule has 7 nitrogen and oxygen atoms in total. The van der Waals surface area contributed by atoms with Crippen molar-refractivity contribution in [2.24, 2.45) is 12.0 Å². The molecule has 3 heterocycles. The quantitative estimate of drug-likeness (QED) is 0.497. The maximum atomic E-state index is 6.16. The summed E-state index contributed by atoms with van der Waals surface area (Å²) in [5, 5.41) is 9.62. The highest BCUT2D eigenvalue weighted by Crippen LogP contribution is 2.23. The molecule has 0 amide bonds. The Kier molecular flexibility index (Phi) is 6.06. The Morgan fingerprint density at radius 1 is 1.45 bits per heavy atom. The molecule has 1 unspecified atom stereocenters. The predicted octanol–water partition coefficient (Wildman–Crippen LogP) is 3.14. The smallest absolute Gasteiger partial charge is 0.194 e. The van der Waals surface area contributed by atoms with E-state index in [1.165, 1.54) is 10.9 Å². The van der Waals surface area contributed by atoms with E-state index in [0.29, 0.717) is 13.2 Å². The van der Waals surface area contributed by atoms with Crippen molar-refractivity contribution in [1.29, 1.82) is 0 Å². The maximum absolute atomic E-state index is 6.16. The molecule has 1 aromatic carbocycles. The average Bonchev–Trinajstić information content (AvgIpc) is 3.33. The molecule has 2 N–H and O–H groups in total. The predicted molar refractivity (Wildman–Crippen MR) is 116 cm³/mol. The lowest BCUT2D eigenvalue weighted by molar-refractivity contribution is -0.00803. The number of aryl methyl sites for hydroxylation is 1. The molecule has 3 aromatic rings. The Morgan fingerprint density at radius 3 is 3.14 bits per heavy atom. The molecule has 0 radical (unpaired) electrons. The molecular weight excluding hydrogens is 388 g/mol. The molecular formula is C21H27ClN6O. The number of nitrogens with zero attached hydrogens (tertiary/aromatic N) is 4. The summed E-state index contributed by atoms with van der Waals surface area (Å²) in [5.41, 5.74) is 3.44. The minimum absolute atomic E-state index is 0.0112. The number of halogens is 1. The van der Waals surface area contributed by atoms with Gasteiger partial charge in [0.25, 0.3) is 0 Å². The summed E-state index contributed by atoms with van der Waals surface area (Å²) in [6, 6.07) is 5.93. The first-order chi connectivity index (χ1) is 14.1. The number of benzene rings is 1. The van der Waals surface area contributed by atoms with E-state index < -0.39 is 0 Å². The second-order valence-electron chi connectivity index (χ2n) is 7.24. The van der Waals surface area contributed by atoms with E-state index in [1.54, 1.807) is 0 Å². The number of aromatic amines is 1. The normalized spacial score (nSPS) is 17.8. The molecule has 0 bridgehead atoms. The highest BCUT2D eigenvalue weighted by Gasteiger charge is 2.25. The number of nitrogens with one attached hydrogen (secondary N) is 2. The van der Waals surface area contributed by atoms with E-state index in [4.69, 9.17) is 21.3 Å². The fourth-order valence-corrected chi connectivity index (χ4v) is 3.89. The van der Waals surface area contributed by atoms with Gasteiger partial charge in [0, 0.05) is 60.6 Å². The van der Waals surface area contributed by atoms with Crippen LogP contribution >= 0.6 is 11.6 Å². The maximum Gasteiger partial charge on any atom is 0.194 e. The molecule has 2 aromatic heterocycles. The van der Waals surface area contributed by atoms with Gasteiger partial charge in [0.05, 0.1) is 19.3 Å². The van der Waals surface area contributed by atoms with E-state index in [0.717, 1.165) is 48.1 Å². The molecule has 29 heavy (non-hydrogen) atoms. The van der Waals surface area contributed by atoms with Gasteiger partial charge in [-0.1, -0.05) is 11.6 Å². The van der Waals surface area contributed by atoms with Crippen LogP contribution in [0.3, 0.4) is 0 Å². The Hall–Kier alpha value is -2.51. The van der Waals surface area contributed by atoms with E-state index in [9.17, 15) is 0 Å². The van der Waals surface area contributed by atoms with Crippen molar-refractivity contribution in [2.45, 2.75) is 19.4 Å². The minimum Gasteiger partial charge on any atom is -0.370 e. The number of aromatic nitrogens is 3. The second-order valence-corrected chi connectivity index (χ2v) is 7.68. The van der Waals surface area contributed by atoms with Gasteiger partial charge in [-0.25, -0.2) is 0 Å². The number of fused-ring (bicyclic) bond motifs is 1. The molecule has 0 spiro atoms. The SMILES string of the molecule is CCNC(=NCCc1c[nH]c2ccc(Cl)cc12)N1CCOC(c2cnn(C)c2)C1. The second kappa shape index (κ2) is 8.88. The lowest BCUT2D eigenvalue weighted by atomic mass is 10.1. The van der Waals surface area contributed by atoms with Gasteiger partial charge in [-0.3, -0.25) is 9.67 Å². The number of morpholine rings is 1. The summed E-state index contributed by atoms with van der Waals surface area (Å²) >= 11 is 6.16. The number of hydrogen-bond donors (Lipinski definition) is 2. The van der Waals surface area contributed by atoms with Crippen LogP contribution < -0.4 is 5.32 Å². The summed E-state index contributed by atoms with van der Waals surface area (Å²) in [6.07, 6.45) is 6.81. The molecule has 8 heteroatoms. The molecule has 1 aliphatic heterocycles. The van der Waals surface area contributed by atoms with Gasteiger partial charge in [-0.2, -0.15) is 5.10 Å². The third kappa shape index (κ3) is 4.57. The van der Waals surface area contributed by atoms with Crippen LogP contribution in [0.1, 0.15) is 24.2 Å². The van der Waals surface area contributed by atoms with Crippen molar-refractivity contribution in [2.75, 3.05) is 32.8 Å². The van der Waals surface area contributed by atoms with E-state index in [1.807, 2.05) is 42.3 Å². The highest BCUT2D eigenvalue weighted by atomic mass is 35.5. The first kappa shape index (κ1) is 19.8. The summed E-state index contributed by atoms with van der Waals surface area (Å²) in [6.45, 7) is 5.89. The number of H-pyrrole nitrogens is 1. The fraction of sp³-hybridized carbons (Fsp3) is 0.429. The Bertz CT molecular complexity index is 994. The van der Waals surface area contributed by atoms with E-state index in [2.05, 4.69) is 33.4 Å². The number of hydrogen-bond acceptors (Lipinski definition) is 3. The van der Waals surface area contributed by atoms with Gasteiger partial charge in [0.15, 0.2) is 5.96 Å². The van der Waals surface area contributed by atoms with Gasteiger partial charge < -0.3 is 19.9 Å². The molecule has 1 saturated heterocycles. The molecule has 0 saturated carbocycles. The Morgan fingerprint density at radius 2 is 2.34 bits per heavy atom. The van der Waals surface area contributed by atoms with E-state index in [-0.39, 0.29) is 6.10 Å². The van der Waals surface area contributed by atoms with E-state index >= 15 is 0 Å². The highest BCUT2D eigenvalue weighted by molar-refractivity contribution is 6.31. The van der Waals surface area contributed by atoms with Crippen molar-refractivity contribution < 1.29 is 4.74 Å². The average molecular weight is 415 g/mol. The Balaban J connectivity index is 1.44. The topological polar surface area (TPSA) is 70.5 Å². The van der Waals surface area contributed by atoms with Crippen LogP contribution in [0.4, 0.5) is 0 Å². The van der Waals surface area contributed by atoms with Gasteiger partial charge in [0.1, 0.15) is 6.10 Å².